The zero-order valence-electron chi connectivity index (χ0n) is 5.79. The van der Waals surface area contributed by atoms with Gasteiger partial charge in [-0.25, -0.2) is 4.79 Å². The monoisotopic (exact) mass is 157 g/mol. The zero-order chi connectivity index (χ0) is 8.43. The maximum atomic E-state index is 10.3. The second kappa shape index (κ2) is 2.53. The Morgan fingerprint density at radius 2 is 2.36 bits per heavy atom. The molecule has 0 unspecified atom stereocenters. The van der Waals surface area contributed by atoms with E-state index >= 15 is 0 Å². The molecule has 5 nitrogen and oxygen atoms in total. The number of aromatic nitrogens is 1. The molecule has 0 aliphatic rings. The Hall–Kier alpha value is -1.65. The third-order valence-electron chi connectivity index (χ3n) is 1.21. The van der Waals surface area contributed by atoms with Crippen molar-refractivity contribution in [3.05, 3.63) is 11.8 Å². The van der Waals surface area contributed by atoms with Crippen molar-refractivity contribution >= 4 is 5.97 Å². The van der Waals surface area contributed by atoms with E-state index < -0.39 is 5.97 Å². The Bertz CT molecular complexity index is 278. The van der Waals surface area contributed by atoms with E-state index in [4.69, 9.17) is 10.2 Å². The average molecular weight is 157 g/mol. The van der Waals surface area contributed by atoms with Crippen molar-refractivity contribution in [2.45, 2.75) is 0 Å². The van der Waals surface area contributed by atoms with Crippen molar-refractivity contribution in [3.8, 4) is 11.6 Å². The lowest BCUT2D eigenvalue weighted by Gasteiger charge is -1.91. The van der Waals surface area contributed by atoms with Crippen LogP contribution in [0.2, 0.25) is 0 Å². The van der Waals surface area contributed by atoms with Gasteiger partial charge in [0.1, 0.15) is 5.69 Å². The summed E-state index contributed by atoms with van der Waals surface area (Å²) >= 11 is 0. The third-order valence-corrected chi connectivity index (χ3v) is 1.21. The molecule has 0 spiro atoms. The van der Waals surface area contributed by atoms with Crippen LogP contribution in [0.5, 0.6) is 11.6 Å². The van der Waals surface area contributed by atoms with Crippen LogP contribution in [0, 0.1) is 0 Å². The minimum atomic E-state index is -1.14. The van der Waals surface area contributed by atoms with Gasteiger partial charge in [-0.3, -0.25) is 0 Å². The largest absolute Gasteiger partial charge is 0.492 e. The number of H-pyrrole nitrogens is 1. The van der Waals surface area contributed by atoms with Crippen LogP contribution in [-0.4, -0.2) is 28.3 Å². The molecule has 1 rings (SSSR count). The summed E-state index contributed by atoms with van der Waals surface area (Å²) in [6, 6.07) is 1.21. The third kappa shape index (κ3) is 1.26. The maximum Gasteiger partial charge on any atom is 0.352 e. The van der Waals surface area contributed by atoms with E-state index in [0.29, 0.717) is 0 Å². The molecular weight excluding hydrogens is 150 g/mol. The molecule has 0 amide bonds. The number of carboxylic acid groups (broad SMARTS) is 1. The van der Waals surface area contributed by atoms with Gasteiger partial charge in [0.2, 0.25) is 5.88 Å². The molecule has 1 heterocycles. The van der Waals surface area contributed by atoms with Crippen LogP contribution >= 0.6 is 0 Å². The summed E-state index contributed by atoms with van der Waals surface area (Å²) < 4.78 is 4.63. The number of nitrogens with one attached hydrogen (secondary N) is 1. The van der Waals surface area contributed by atoms with Gasteiger partial charge in [0.15, 0.2) is 5.75 Å². The number of aromatic amines is 1. The van der Waals surface area contributed by atoms with Crippen LogP contribution in [0.1, 0.15) is 10.5 Å². The van der Waals surface area contributed by atoms with Crippen molar-refractivity contribution in [3.63, 3.8) is 0 Å². The van der Waals surface area contributed by atoms with Crippen LogP contribution in [0.3, 0.4) is 0 Å². The highest BCUT2D eigenvalue weighted by atomic mass is 16.5. The first-order valence-corrected chi connectivity index (χ1v) is 2.84. The van der Waals surface area contributed by atoms with E-state index in [1.165, 1.54) is 13.2 Å². The quantitative estimate of drug-likeness (QED) is 0.581. The number of hydrogen-bond donors (Lipinski definition) is 3. The van der Waals surface area contributed by atoms with Crippen LogP contribution in [0.15, 0.2) is 6.07 Å². The minimum Gasteiger partial charge on any atom is -0.492 e. The fourth-order valence-corrected chi connectivity index (χ4v) is 0.696. The standard InChI is InChI=1S/C6H7NO4/c1-11-4-2-3(6(9)10)7-5(4)8/h2,7-8H,1H3,(H,9,10). The lowest BCUT2D eigenvalue weighted by molar-refractivity contribution is 0.0690. The normalized spacial score (nSPS) is 9.55. The van der Waals surface area contributed by atoms with Crippen molar-refractivity contribution < 1.29 is 19.7 Å². The smallest absolute Gasteiger partial charge is 0.352 e. The first-order valence-electron chi connectivity index (χ1n) is 2.84. The SMILES string of the molecule is COc1cc(C(=O)O)[nH]c1O. The molecule has 0 radical (unpaired) electrons. The molecule has 0 bridgehead atoms. The molecule has 0 saturated carbocycles. The Balaban J connectivity index is 3.05. The van der Waals surface area contributed by atoms with E-state index in [1.54, 1.807) is 0 Å². The van der Waals surface area contributed by atoms with Crippen molar-refractivity contribution in [1.29, 1.82) is 0 Å². The van der Waals surface area contributed by atoms with Gasteiger partial charge in [-0.05, 0) is 0 Å². The molecule has 5 heteroatoms. The van der Waals surface area contributed by atoms with Crippen LogP contribution < -0.4 is 4.74 Å². The molecule has 1 aromatic rings. The Labute approximate surface area is 62.2 Å². The maximum absolute atomic E-state index is 10.3. The van der Waals surface area contributed by atoms with Crippen LogP contribution in [-0.2, 0) is 0 Å². The van der Waals surface area contributed by atoms with E-state index in [1.807, 2.05) is 0 Å². The molecule has 3 N–H and O–H groups in total. The summed E-state index contributed by atoms with van der Waals surface area (Å²) in [5, 5.41) is 17.4. The van der Waals surface area contributed by atoms with Crippen molar-refractivity contribution in [1.82, 2.24) is 4.98 Å². The fourth-order valence-electron chi connectivity index (χ4n) is 0.696. The van der Waals surface area contributed by atoms with Gasteiger partial charge in [-0.2, -0.15) is 0 Å². The molecule has 0 atom stereocenters. The van der Waals surface area contributed by atoms with E-state index in [-0.39, 0.29) is 17.3 Å². The molecule has 60 valence electrons. The number of aromatic carboxylic acids is 1. The lowest BCUT2D eigenvalue weighted by atomic mass is 10.4. The van der Waals surface area contributed by atoms with E-state index in [2.05, 4.69) is 9.72 Å². The summed E-state index contributed by atoms with van der Waals surface area (Å²) in [5.74, 6) is -1.28. The van der Waals surface area contributed by atoms with Crippen molar-refractivity contribution in [2.24, 2.45) is 0 Å². The Kier molecular flexibility index (Phi) is 1.72. The van der Waals surface area contributed by atoms with Gasteiger partial charge in [0.25, 0.3) is 0 Å². The Morgan fingerprint density at radius 1 is 1.73 bits per heavy atom. The molecular formula is C6H7NO4. The second-order valence-corrected chi connectivity index (χ2v) is 1.91. The summed E-state index contributed by atoms with van der Waals surface area (Å²) in [7, 11) is 1.34. The van der Waals surface area contributed by atoms with Gasteiger partial charge in [0.05, 0.1) is 7.11 Å². The van der Waals surface area contributed by atoms with Gasteiger partial charge >= 0.3 is 5.97 Å². The molecule has 0 saturated heterocycles. The van der Waals surface area contributed by atoms with Gasteiger partial charge < -0.3 is 19.9 Å². The molecule has 0 aliphatic heterocycles. The average Bonchev–Trinajstić information content (AvgIpc) is 2.31. The fraction of sp³-hybridized carbons (Fsp3) is 0.167. The summed E-state index contributed by atoms with van der Waals surface area (Å²) in [6.45, 7) is 0. The second-order valence-electron chi connectivity index (χ2n) is 1.91. The number of ether oxygens (including phenoxy) is 1. The van der Waals surface area contributed by atoms with Crippen molar-refractivity contribution in [2.75, 3.05) is 7.11 Å². The van der Waals surface area contributed by atoms with E-state index in [0.717, 1.165) is 0 Å². The molecule has 0 aromatic carbocycles. The molecule has 0 aliphatic carbocycles. The first-order chi connectivity index (χ1) is 5.15. The topological polar surface area (TPSA) is 82.5 Å². The minimum absolute atomic E-state index is 0.0978. The zero-order valence-corrected chi connectivity index (χ0v) is 5.79. The summed E-state index contributed by atoms with van der Waals surface area (Å²) in [6.07, 6.45) is 0. The summed E-state index contributed by atoms with van der Waals surface area (Å²) in [4.78, 5) is 12.5. The first kappa shape index (κ1) is 7.46. The van der Waals surface area contributed by atoms with E-state index in [9.17, 15) is 4.79 Å². The number of carboxylic acids is 1. The number of methoxy groups -OCH3 is 1. The number of hydrogen-bond acceptors (Lipinski definition) is 3. The number of rotatable bonds is 2. The van der Waals surface area contributed by atoms with Crippen LogP contribution in [0.25, 0.3) is 0 Å². The predicted molar refractivity (Wildman–Crippen MR) is 36.0 cm³/mol. The highest BCUT2D eigenvalue weighted by Crippen LogP contribution is 2.25. The van der Waals surface area contributed by atoms with Gasteiger partial charge in [-0.15, -0.1) is 0 Å². The van der Waals surface area contributed by atoms with Gasteiger partial charge in [-0.1, -0.05) is 0 Å². The predicted octanol–water partition coefficient (Wildman–Crippen LogP) is 0.427. The molecule has 0 fully saturated rings. The highest BCUT2D eigenvalue weighted by molar-refractivity contribution is 5.86. The highest BCUT2D eigenvalue weighted by Gasteiger charge is 2.11. The molecule has 11 heavy (non-hydrogen) atoms. The lowest BCUT2D eigenvalue weighted by Crippen LogP contribution is -1.94. The number of carbonyl (C=O) groups is 1. The Morgan fingerprint density at radius 3 is 2.64 bits per heavy atom. The molecule has 1 aromatic heterocycles. The van der Waals surface area contributed by atoms with Crippen LogP contribution in [0.4, 0.5) is 0 Å². The number of aromatic hydroxyl groups is 1. The summed E-state index contributed by atoms with van der Waals surface area (Å²) in [5.41, 5.74) is -0.0978. The van der Waals surface area contributed by atoms with Gasteiger partial charge in [0, 0.05) is 6.07 Å².